The van der Waals surface area contributed by atoms with E-state index in [2.05, 4.69) is 5.10 Å². The maximum absolute atomic E-state index is 12.2. The summed E-state index contributed by atoms with van der Waals surface area (Å²) in [6.45, 7) is 0.275. The fraction of sp³-hybridized carbons (Fsp3) is 0.120. The average Bonchev–Trinajstić information content (AvgIpc) is 3.25. The zero-order valence-corrected chi connectivity index (χ0v) is 17.3. The number of esters is 1. The minimum atomic E-state index is -0.471. The van der Waals surface area contributed by atoms with Crippen LogP contribution in [0.5, 0.6) is 5.75 Å². The SMILES string of the molecule is COC=C(C(=O)OC)c1ccccc1COc1cccc(-n2ncc3ccccc32)c1. The van der Waals surface area contributed by atoms with Crippen LogP contribution in [0.3, 0.4) is 0 Å². The molecule has 0 atom stereocenters. The Balaban J connectivity index is 1.59. The van der Waals surface area contributed by atoms with Gasteiger partial charge in [-0.2, -0.15) is 5.10 Å². The lowest BCUT2D eigenvalue weighted by atomic mass is 10.0. The van der Waals surface area contributed by atoms with Gasteiger partial charge in [0.05, 0.1) is 37.9 Å². The van der Waals surface area contributed by atoms with E-state index in [0.29, 0.717) is 16.9 Å². The Morgan fingerprint density at radius 1 is 1.00 bits per heavy atom. The van der Waals surface area contributed by atoms with Crippen molar-refractivity contribution in [3.8, 4) is 11.4 Å². The number of carbonyl (C=O) groups excluding carboxylic acids is 1. The lowest BCUT2D eigenvalue weighted by Crippen LogP contribution is -2.08. The van der Waals surface area contributed by atoms with Crippen LogP contribution in [0.15, 0.2) is 85.3 Å². The summed E-state index contributed by atoms with van der Waals surface area (Å²) in [6, 6.07) is 23.3. The van der Waals surface area contributed by atoms with Crippen LogP contribution in [0.25, 0.3) is 22.2 Å². The largest absolute Gasteiger partial charge is 0.503 e. The molecule has 156 valence electrons. The molecular weight excluding hydrogens is 392 g/mol. The van der Waals surface area contributed by atoms with Crippen LogP contribution in [0.2, 0.25) is 0 Å². The molecule has 0 fully saturated rings. The van der Waals surface area contributed by atoms with Crippen LogP contribution < -0.4 is 4.74 Å². The molecule has 0 aliphatic rings. The average molecular weight is 414 g/mol. The molecule has 0 saturated heterocycles. The number of hydrogen-bond acceptors (Lipinski definition) is 5. The second kappa shape index (κ2) is 9.17. The van der Waals surface area contributed by atoms with Gasteiger partial charge in [0.1, 0.15) is 17.9 Å². The van der Waals surface area contributed by atoms with Crippen molar-refractivity contribution in [3.05, 3.63) is 96.4 Å². The topological polar surface area (TPSA) is 62.6 Å². The lowest BCUT2D eigenvalue weighted by molar-refractivity contribution is -0.133. The fourth-order valence-corrected chi connectivity index (χ4v) is 3.40. The Hall–Kier alpha value is -4.06. The molecule has 1 heterocycles. The van der Waals surface area contributed by atoms with Crippen molar-refractivity contribution in [3.63, 3.8) is 0 Å². The van der Waals surface area contributed by atoms with Crippen LogP contribution in [0, 0.1) is 0 Å². The third-order valence-corrected chi connectivity index (χ3v) is 4.88. The van der Waals surface area contributed by atoms with Crippen molar-refractivity contribution < 1.29 is 19.0 Å². The van der Waals surface area contributed by atoms with Crippen molar-refractivity contribution in [2.75, 3.05) is 14.2 Å². The molecule has 4 rings (SSSR count). The second-order valence-electron chi connectivity index (χ2n) is 6.82. The lowest BCUT2D eigenvalue weighted by Gasteiger charge is -2.13. The van der Waals surface area contributed by atoms with Crippen LogP contribution >= 0.6 is 0 Å². The van der Waals surface area contributed by atoms with Crippen LogP contribution in [0.1, 0.15) is 11.1 Å². The van der Waals surface area contributed by atoms with E-state index in [1.54, 1.807) is 0 Å². The fourth-order valence-electron chi connectivity index (χ4n) is 3.40. The van der Waals surface area contributed by atoms with Gasteiger partial charge in [0.2, 0.25) is 0 Å². The van der Waals surface area contributed by atoms with Crippen LogP contribution in [0.4, 0.5) is 0 Å². The minimum absolute atomic E-state index is 0.275. The molecule has 4 aromatic rings. The molecular formula is C25H22N2O4. The second-order valence-corrected chi connectivity index (χ2v) is 6.82. The predicted molar refractivity (Wildman–Crippen MR) is 119 cm³/mol. The van der Waals surface area contributed by atoms with Gasteiger partial charge < -0.3 is 14.2 Å². The van der Waals surface area contributed by atoms with Gasteiger partial charge in [0.15, 0.2) is 0 Å². The number of ether oxygens (including phenoxy) is 3. The summed E-state index contributed by atoms with van der Waals surface area (Å²) < 4.78 is 17.9. The quantitative estimate of drug-likeness (QED) is 0.248. The monoisotopic (exact) mass is 414 g/mol. The predicted octanol–water partition coefficient (Wildman–Crippen LogP) is 4.76. The number of fused-ring (bicyclic) bond motifs is 1. The van der Waals surface area contributed by atoms with E-state index < -0.39 is 5.97 Å². The first-order valence-electron chi connectivity index (χ1n) is 9.77. The van der Waals surface area contributed by atoms with Crippen molar-refractivity contribution in [2.45, 2.75) is 6.61 Å². The first-order chi connectivity index (χ1) is 15.2. The molecule has 6 heteroatoms. The van der Waals surface area contributed by atoms with E-state index >= 15 is 0 Å². The number of aromatic nitrogens is 2. The zero-order valence-electron chi connectivity index (χ0n) is 17.3. The van der Waals surface area contributed by atoms with Crippen LogP contribution in [-0.2, 0) is 20.9 Å². The third-order valence-electron chi connectivity index (χ3n) is 4.88. The summed E-state index contributed by atoms with van der Waals surface area (Å²) in [5.41, 5.74) is 3.80. The van der Waals surface area contributed by atoms with Gasteiger partial charge in [-0.25, -0.2) is 9.48 Å². The molecule has 0 N–H and O–H groups in total. The van der Waals surface area contributed by atoms with Gasteiger partial charge >= 0.3 is 5.97 Å². The number of para-hydroxylation sites is 1. The number of methoxy groups -OCH3 is 2. The minimum Gasteiger partial charge on any atom is -0.503 e. The number of nitrogens with zero attached hydrogens (tertiary/aromatic N) is 2. The van der Waals surface area contributed by atoms with E-state index in [1.807, 2.05) is 83.7 Å². The van der Waals surface area contributed by atoms with Gasteiger partial charge in [-0.1, -0.05) is 48.5 Å². The van der Waals surface area contributed by atoms with Crippen LogP contribution in [-0.4, -0.2) is 30.0 Å². The number of benzene rings is 3. The maximum atomic E-state index is 12.2. The summed E-state index contributed by atoms with van der Waals surface area (Å²) in [6.07, 6.45) is 3.23. The van der Waals surface area contributed by atoms with Crippen molar-refractivity contribution >= 4 is 22.4 Å². The zero-order chi connectivity index (χ0) is 21.6. The Morgan fingerprint density at radius 3 is 2.65 bits per heavy atom. The molecule has 1 aromatic heterocycles. The molecule has 31 heavy (non-hydrogen) atoms. The highest BCUT2D eigenvalue weighted by Gasteiger charge is 2.17. The molecule has 0 amide bonds. The van der Waals surface area contributed by atoms with Gasteiger partial charge in [-0.05, 0) is 29.3 Å². The molecule has 0 spiro atoms. The number of hydrogen-bond donors (Lipinski definition) is 0. The van der Waals surface area contributed by atoms with E-state index in [1.165, 1.54) is 20.5 Å². The summed E-state index contributed by atoms with van der Waals surface area (Å²) in [4.78, 5) is 12.2. The summed E-state index contributed by atoms with van der Waals surface area (Å²) >= 11 is 0. The third kappa shape index (κ3) is 4.28. The summed E-state index contributed by atoms with van der Waals surface area (Å²) in [5, 5.41) is 5.57. The standard InChI is InChI=1S/C25H22N2O4/c1-29-17-23(25(28)30-2)22-12-5-3-9-19(22)16-31-21-11-7-10-20(14-21)27-24-13-6-4-8-18(24)15-26-27/h3-15,17H,16H2,1-2H3. The molecule has 0 radical (unpaired) electrons. The van der Waals surface area contributed by atoms with E-state index in [0.717, 1.165) is 22.2 Å². The van der Waals surface area contributed by atoms with E-state index in [-0.39, 0.29) is 6.61 Å². The first kappa shape index (κ1) is 20.2. The molecule has 0 saturated carbocycles. The maximum Gasteiger partial charge on any atom is 0.341 e. The van der Waals surface area contributed by atoms with Crippen molar-refractivity contribution in [1.29, 1.82) is 0 Å². The highest BCUT2D eigenvalue weighted by Crippen LogP contribution is 2.25. The highest BCUT2D eigenvalue weighted by molar-refractivity contribution is 6.16. The van der Waals surface area contributed by atoms with Crippen molar-refractivity contribution in [2.24, 2.45) is 0 Å². The molecule has 6 nitrogen and oxygen atoms in total. The Labute approximate surface area is 180 Å². The molecule has 0 aliphatic carbocycles. The molecule has 0 unspecified atom stereocenters. The van der Waals surface area contributed by atoms with Crippen molar-refractivity contribution in [1.82, 2.24) is 9.78 Å². The molecule has 3 aromatic carbocycles. The summed E-state index contributed by atoms with van der Waals surface area (Å²) in [7, 11) is 2.84. The van der Waals surface area contributed by atoms with Gasteiger partial charge in [0, 0.05) is 11.5 Å². The normalized spacial score (nSPS) is 11.4. The number of carbonyl (C=O) groups is 1. The van der Waals surface area contributed by atoms with E-state index in [4.69, 9.17) is 14.2 Å². The van der Waals surface area contributed by atoms with Gasteiger partial charge in [-0.3, -0.25) is 0 Å². The first-order valence-corrected chi connectivity index (χ1v) is 9.77. The molecule has 0 aliphatic heterocycles. The van der Waals surface area contributed by atoms with Gasteiger partial charge in [0.25, 0.3) is 0 Å². The van der Waals surface area contributed by atoms with Gasteiger partial charge in [-0.15, -0.1) is 0 Å². The Kier molecular flexibility index (Phi) is 5.98. The summed E-state index contributed by atoms with van der Waals surface area (Å²) in [5.74, 6) is 0.226. The number of rotatable bonds is 7. The Bertz CT molecular complexity index is 1240. The molecule has 0 bridgehead atoms. The highest BCUT2D eigenvalue weighted by atomic mass is 16.5. The Morgan fingerprint density at radius 2 is 1.81 bits per heavy atom. The smallest absolute Gasteiger partial charge is 0.341 e. The van der Waals surface area contributed by atoms with E-state index in [9.17, 15) is 4.79 Å².